The lowest BCUT2D eigenvalue weighted by Gasteiger charge is -2.25. The largest absolute Gasteiger partial charge is 0.316 e. The van der Waals surface area contributed by atoms with Crippen molar-refractivity contribution in [3.63, 3.8) is 0 Å². The molecule has 2 saturated heterocycles. The van der Waals surface area contributed by atoms with E-state index in [1.165, 1.54) is 5.56 Å². The van der Waals surface area contributed by atoms with Gasteiger partial charge in [-0.05, 0) is 37.4 Å². The molecule has 1 aromatic carbocycles. The van der Waals surface area contributed by atoms with E-state index in [2.05, 4.69) is 17.1 Å². The first-order chi connectivity index (χ1) is 9.15. The zero-order valence-corrected chi connectivity index (χ0v) is 11.1. The van der Waals surface area contributed by atoms with Crippen LogP contribution < -0.4 is 5.32 Å². The highest BCUT2D eigenvalue weighted by atomic mass is 16.6. The average Bonchev–Trinajstić information content (AvgIpc) is 2.98. The monoisotopic (exact) mass is 261 g/mol. The standard InChI is InChI=1S/C14H19N3O2/c1-10(11-2-4-14(5-3-11)17(18)19)16-8-12-6-15-7-13(12)9-16/h2-5,10,12-13,15H,6-9H2,1H3. The summed E-state index contributed by atoms with van der Waals surface area (Å²) in [4.78, 5) is 12.8. The summed E-state index contributed by atoms with van der Waals surface area (Å²) in [7, 11) is 0. The second-order valence-corrected chi connectivity index (χ2v) is 5.66. The van der Waals surface area contributed by atoms with E-state index in [4.69, 9.17) is 0 Å². The first-order valence-electron chi connectivity index (χ1n) is 6.84. The van der Waals surface area contributed by atoms with Crippen LogP contribution in [0.5, 0.6) is 0 Å². The van der Waals surface area contributed by atoms with Gasteiger partial charge in [0.25, 0.3) is 5.69 Å². The summed E-state index contributed by atoms with van der Waals surface area (Å²) in [5, 5.41) is 14.1. The molecule has 3 unspecified atom stereocenters. The van der Waals surface area contributed by atoms with E-state index in [-0.39, 0.29) is 10.6 Å². The van der Waals surface area contributed by atoms with Crippen LogP contribution in [-0.2, 0) is 0 Å². The molecule has 3 rings (SSSR count). The Morgan fingerprint density at radius 3 is 2.37 bits per heavy atom. The van der Waals surface area contributed by atoms with Crippen molar-refractivity contribution in [1.29, 1.82) is 0 Å². The molecule has 2 aliphatic heterocycles. The van der Waals surface area contributed by atoms with E-state index in [0.29, 0.717) is 6.04 Å². The van der Waals surface area contributed by atoms with Crippen LogP contribution >= 0.6 is 0 Å². The van der Waals surface area contributed by atoms with Gasteiger partial charge in [0, 0.05) is 31.3 Å². The Hall–Kier alpha value is -1.46. The Kier molecular flexibility index (Phi) is 3.24. The first kappa shape index (κ1) is 12.6. The first-order valence-corrected chi connectivity index (χ1v) is 6.84. The van der Waals surface area contributed by atoms with Crippen LogP contribution in [0, 0.1) is 22.0 Å². The highest BCUT2D eigenvalue weighted by molar-refractivity contribution is 5.34. The van der Waals surface area contributed by atoms with Gasteiger partial charge >= 0.3 is 0 Å². The maximum absolute atomic E-state index is 10.7. The summed E-state index contributed by atoms with van der Waals surface area (Å²) >= 11 is 0. The van der Waals surface area contributed by atoms with Gasteiger partial charge in [0.2, 0.25) is 0 Å². The van der Waals surface area contributed by atoms with Crippen LogP contribution in [-0.4, -0.2) is 36.0 Å². The van der Waals surface area contributed by atoms with Gasteiger partial charge in [-0.2, -0.15) is 0 Å². The molecule has 3 atom stereocenters. The predicted molar refractivity (Wildman–Crippen MR) is 72.9 cm³/mol. The third-order valence-corrected chi connectivity index (χ3v) is 4.55. The van der Waals surface area contributed by atoms with Crippen LogP contribution in [0.2, 0.25) is 0 Å². The second-order valence-electron chi connectivity index (χ2n) is 5.66. The Morgan fingerprint density at radius 1 is 1.26 bits per heavy atom. The molecular formula is C14H19N3O2. The van der Waals surface area contributed by atoms with Crippen LogP contribution in [0.25, 0.3) is 0 Å². The summed E-state index contributed by atoms with van der Waals surface area (Å²) in [6.07, 6.45) is 0. The van der Waals surface area contributed by atoms with Gasteiger partial charge in [-0.15, -0.1) is 0 Å². The van der Waals surface area contributed by atoms with E-state index in [0.717, 1.165) is 38.0 Å². The average molecular weight is 261 g/mol. The number of nitro benzene ring substituents is 1. The lowest BCUT2D eigenvalue weighted by Crippen LogP contribution is -2.28. The summed E-state index contributed by atoms with van der Waals surface area (Å²) in [6.45, 7) is 6.73. The number of nitrogens with one attached hydrogen (secondary N) is 1. The minimum absolute atomic E-state index is 0.165. The molecule has 0 amide bonds. The Balaban J connectivity index is 1.70. The van der Waals surface area contributed by atoms with Crippen molar-refractivity contribution in [3.8, 4) is 0 Å². The van der Waals surface area contributed by atoms with E-state index in [1.807, 2.05) is 12.1 Å². The number of fused-ring (bicyclic) bond motifs is 1. The number of nitro groups is 1. The van der Waals surface area contributed by atoms with Gasteiger partial charge in [0.15, 0.2) is 0 Å². The molecule has 2 fully saturated rings. The molecule has 0 radical (unpaired) electrons. The maximum Gasteiger partial charge on any atom is 0.269 e. The molecule has 2 aliphatic rings. The van der Waals surface area contributed by atoms with Gasteiger partial charge in [-0.1, -0.05) is 12.1 Å². The van der Waals surface area contributed by atoms with Gasteiger partial charge in [0.1, 0.15) is 0 Å². The Morgan fingerprint density at radius 2 is 1.84 bits per heavy atom. The fraction of sp³-hybridized carbons (Fsp3) is 0.571. The highest BCUT2D eigenvalue weighted by Crippen LogP contribution is 2.33. The second kappa shape index (κ2) is 4.90. The van der Waals surface area contributed by atoms with Crippen molar-refractivity contribution in [2.75, 3.05) is 26.2 Å². The van der Waals surface area contributed by atoms with Gasteiger partial charge in [-0.25, -0.2) is 0 Å². The molecule has 5 heteroatoms. The van der Waals surface area contributed by atoms with E-state index < -0.39 is 0 Å². The van der Waals surface area contributed by atoms with Crippen molar-refractivity contribution >= 4 is 5.69 Å². The number of likely N-dealkylation sites (tertiary alicyclic amines) is 1. The molecule has 19 heavy (non-hydrogen) atoms. The zero-order valence-electron chi connectivity index (χ0n) is 11.1. The van der Waals surface area contributed by atoms with Crippen LogP contribution in [0.3, 0.4) is 0 Å². The number of benzene rings is 1. The Labute approximate surface area is 112 Å². The number of hydrogen-bond donors (Lipinski definition) is 1. The number of nitrogens with zero attached hydrogens (tertiary/aromatic N) is 2. The molecule has 0 bridgehead atoms. The smallest absolute Gasteiger partial charge is 0.269 e. The molecule has 1 N–H and O–H groups in total. The van der Waals surface area contributed by atoms with Crippen LogP contribution in [0.4, 0.5) is 5.69 Å². The molecule has 5 nitrogen and oxygen atoms in total. The molecule has 0 saturated carbocycles. The quantitative estimate of drug-likeness (QED) is 0.666. The predicted octanol–water partition coefficient (Wildman–Crippen LogP) is 1.81. The molecule has 2 heterocycles. The Bertz CT molecular complexity index is 462. The minimum Gasteiger partial charge on any atom is -0.316 e. The number of rotatable bonds is 3. The molecule has 0 spiro atoms. The van der Waals surface area contributed by atoms with Crippen LogP contribution in [0.15, 0.2) is 24.3 Å². The number of hydrogen-bond acceptors (Lipinski definition) is 4. The lowest BCUT2D eigenvalue weighted by molar-refractivity contribution is -0.384. The SMILES string of the molecule is CC(c1ccc([N+](=O)[O-])cc1)N1CC2CNCC2C1. The van der Waals surface area contributed by atoms with Gasteiger partial charge in [0.05, 0.1) is 4.92 Å². The number of non-ortho nitro benzene ring substituents is 1. The van der Waals surface area contributed by atoms with Crippen molar-refractivity contribution in [2.24, 2.45) is 11.8 Å². The van der Waals surface area contributed by atoms with E-state index in [1.54, 1.807) is 12.1 Å². The summed E-state index contributed by atoms with van der Waals surface area (Å²) in [5.74, 6) is 1.56. The molecule has 0 aliphatic carbocycles. The molecule has 0 aromatic heterocycles. The summed E-state index contributed by atoms with van der Waals surface area (Å²) < 4.78 is 0. The van der Waals surface area contributed by atoms with Gasteiger partial charge < -0.3 is 5.32 Å². The summed E-state index contributed by atoms with van der Waals surface area (Å²) in [5.41, 5.74) is 1.33. The zero-order chi connectivity index (χ0) is 13.4. The van der Waals surface area contributed by atoms with Crippen molar-refractivity contribution < 1.29 is 4.92 Å². The van der Waals surface area contributed by atoms with Crippen molar-refractivity contribution in [3.05, 3.63) is 39.9 Å². The molecule has 1 aromatic rings. The molecule has 102 valence electrons. The maximum atomic E-state index is 10.7. The lowest BCUT2D eigenvalue weighted by atomic mass is 10.0. The van der Waals surface area contributed by atoms with Crippen LogP contribution in [0.1, 0.15) is 18.5 Å². The minimum atomic E-state index is -0.347. The fourth-order valence-corrected chi connectivity index (χ4v) is 3.29. The third kappa shape index (κ3) is 2.35. The van der Waals surface area contributed by atoms with Crippen molar-refractivity contribution in [2.45, 2.75) is 13.0 Å². The highest BCUT2D eigenvalue weighted by Gasteiger charge is 2.37. The topological polar surface area (TPSA) is 58.4 Å². The van der Waals surface area contributed by atoms with E-state index >= 15 is 0 Å². The molecular weight excluding hydrogens is 242 g/mol. The fourth-order valence-electron chi connectivity index (χ4n) is 3.29. The third-order valence-electron chi connectivity index (χ3n) is 4.55. The normalized spacial score (nSPS) is 28.3. The van der Waals surface area contributed by atoms with E-state index in [9.17, 15) is 10.1 Å². The summed E-state index contributed by atoms with van der Waals surface area (Å²) in [6, 6.07) is 7.31. The van der Waals surface area contributed by atoms with Crippen molar-refractivity contribution in [1.82, 2.24) is 10.2 Å². The van der Waals surface area contributed by atoms with Gasteiger partial charge in [-0.3, -0.25) is 15.0 Å².